The van der Waals surface area contributed by atoms with Crippen LogP contribution in [0, 0.1) is 6.92 Å². The molecule has 1 atom stereocenters. The molecule has 0 spiro atoms. The second-order valence-electron chi connectivity index (χ2n) is 4.99. The van der Waals surface area contributed by atoms with E-state index in [1.807, 2.05) is 36.4 Å². The molecule has 0 bridgehead atoms. The van der Waals surface area contributed by atoms with Gasteiger partial charge >= 0.3 is 0 Å². The van der Waals surface area contributed by atoms with Crippen molar-refractivity contribution in [3.63, 3.8) is 0 Å². The van der Waals surface area contributed by atoms with E-state index >= 15 is 0 Å². The lowest BCUT2D eigenvalue weighted by atomic mass is 10.1. The third kappa shape index (κ3) is 4.72. The SMILES string of the molecule is [CH2]c1ccc(CNC(CO)Cc2cccc(Cl)c2Cl)cc1. The van der Waals surface area contributed by atoms with Crippen LogP contribution in [-0.2, 0) is 13.0 Å². The first-order chi connectivity index (χ1) is 10.1. The van der Waals surface area contributed by atoms with Crippen LogP contribution < -0.4 is 5.32 Å². The Kier molecular flexibility index (Phi) is 6.07. The summed E-state index contributed by atoms with van der Waals surface area (Å²) >= 11 is 12.2. The maximum Gasteiger partial charge on any atom is 0.0624 e. The van der Waals surface area contributed by atoms with Crippen LogP contribution in [0.2, 0.25) is 10.0 Å². The number of hydrogen-bond acceptors (Lipinski definition) is 2. The van der Waals surface area contributed by atoms with Crippen molar-refractivity contribution >= 4 is 23.2 Å². The van der Waals surface area contributed by atoms with E-state index in [1.165, 1.54) is 0 Å². The van der Waals surface area contributed by atoms with Crippen LogP contribution in [0.4, 0.5) is 0 Å². The highest BCUT2D eigenvalue weighted by Gasteiger charge is 2.12. The Morgan fingerprint density at radius 3 is 2.48 bits per heavy atom. The van der Waals surface area contributed by atoms with Crippen LogP contribution in [0.3, 0.4) is 0 Å². The van der Waals surface area contributed by atoms with E-state index in [0.717, 1.165) is 16.7 Å². The van der Waals surface area contributed by atoms with E-state index in [1.54, 1.807) is 6.07 Å². The molecule has 2 rings (SSSR count). The molecule has 2 nitrogen and oxygen atoms in total. The number of rotatable bonds is 6. The molecule has 0 fully saturated rings. The summed E-state index contributed by atoms with van der Waals surface area (Å²) in [7, 11) is 0. The van der Waals surface area contributed by atoms with Crippen molar-refractivity contribution in [2.75, 3.05) is 6.61 Å². The molecule has 0 saturated heterocycles. The summed E-state index contributed by atoms with van der Waals surface area (Å²) in [5.74, 6) is 0. The summed E-state index contributed by atoms with van der Waals surface area (Å²) in [6, 6.07) is 13.5. The minimum absolute atomic E-state index is 0.0380. The average Bonchev–Trinajstić information content (AvgIpc) is 2.49. The lowest BCUT2D eigenvalue weighted by molar-refractivity contribution is 0.241. The molecular formula is C17H18Cl2NO. The van der Waals surface area contributed by atoms with Gasteiger partial charge in [-0.05, 0) is 36.1 Å². The van der Waals surface area contributed by atoms with Crippen molar-refractivity contribution in [3.05, 3.63) is 76.1 Å². The third-order valence-corrected chi connectivity index (χ3v) is 4.19. The van der Waals surface area contributed by atoms with E-state index in [9.17, 15) is 5.11 Å². The maximum absolute atomic E-state index is 9.52. The van der Waals surface area contributed by atoms with Crippen LogP contribution in [0.1, 0.15) is 16.7 Å². The smallest absolute Gasteiger partial charge is 0.0624 e. The van der Waals surface area contributed by atoms with Crippen LogP contribution in [0.15, 0.2) is 42.5 Å². The van der Waals surface area contributed by atoms with Gasteiger partial charge in [0, 0.05) is 12.6 Å². The van der Waals surface area contributed by atoms with Gasteiger partial charge in [-0.1, -0.05) is 59.6 Å². The number of aliphatic hydroxyl groups is 1. The summed E-state index contributed by atoms with van der Waals surface area (Å²) < 4.78 is 0. The van der Waals surface area contributed by atoms with Crippen LogP contribution in [0.5, 0.6) is 0 Å². The first kappa shape index (κ1) is 16.3. The molecule has 0 heterocycles. The molecule has 0 aliphatic heterocycles. The Bertz CT molecular complexity index is 584. The lowest BCUT2D eigenvalue weighted by Crippen LogP contribution is -2.34. The first-order valence-electron chi connectivity index (χ1n) is 6.78. The molecule has 2 N–H and O–H groups in total. The van der Waals surface area contributed by atoms with Gasteiger partial charge in [0.25, 0.3) is 0 Å². The molecule has 0 aromatic heterocycles. The molecule has 0 amide bonds. The normalized spacial score (nSPS) is 12.4. The average molecular weight is 323 g/mol. The highest BCUT2D eigenvalue weighted by atomic mass is 35.5. The molecular weight excluding hydrogens is 305 g/mol. The van der Waals surface area contributed by atoms with Crippen molar-refractivity contribution < 1.29 is 5.11 Å². The maximum atomic E-state index is 9.52. The Morgan fingerprint density at radius 2 is 1.81 bits per heavy atom. The van der Waals surface area contributed by atoms with E-state index in [-0.39, 0.29) is 12.6 Å². The van der Waals surface area contributed by atoms with Crippen LogP contribution in [-0.4, -0.2) is 17.8 Å². The largest absolute Gasteiger partial charge is 0.395 e. The lowest BCUT2D eigenvalue weighted by Gasteiger charge is -2.17. The Balaban J connectivity index is 1.97. The fourth-order valence-corrected chi connectivity index (χ4v) is 2.49. The fraction of sp³-hybridized carbons (Fsp3) is 0.235. The molecule has 0 aliphatic rings. The second kappa shape index (κ2) is 7.81. The Morgan fingerprint density at radius 1 is 1.10 bits per heavy atom. The predicted molar refractivity (Wildman–Crippen MR) is 88.8 cm³/mol. The van der Waals surface area contributed by atoms with Gasteiger partial charge in [0.1, 0.15) is 0 Å². The van der Waals surface area contributed by atoms with E-state index in [0.29, 0.717) is 23.0 Å². The van der Waals surface area contributed by atoms with Crippen LogP contribution >= 0.6 is 23.2 Å². The third-order valence-electron chi connectivity index (χ3n) is 3.34. The van der Waals surface area contributed by atoms with Gasteiger partial charge in [0.15, 0.2) is 0 Å². The van der Waals surface area contributed by atoms with E-state index < -0.39 is 0 Å². The van der Waals surface area contributed by atoms with Crippen LogP contribution in [0.25, 0.3) is 0 Å². The Hall–Kier alpha value is -1.06. The van der Waals surface area contributed by atoms with Crippen molar-refractivity contribution in [1.29, 1.82) is 0 Å². The summed E-state index contributed by atoms with van der Waals surface area (Å²) in [6.07, 6.45) is 0.628. The van der Waals surface area contributed by atoms with Gasteiger partial charge < -0.3 is 10.4 Å². The van der Waals surface area contributed by atoms with Gasteiger partial charge in [-0.2, -0.15) is 0 Å². The quantitative estimate of drug-likeness (QED) is 0.846. The second-order valence-corrected chi connectivity index (χ2v) is 5.78. The summed E-state index contributed by atoms with van der Waals surface area (Å²) in [4.78, 5) is 0. The minimum atomic E-state index is -0.0691. The van der Waals surface area contributed by atoms with Gasteiger partial charge in [-0.25, -0.2) is 0 Å². The zero-order valence-electron chi connectivity index (χ0n) is 11.7. The molecule has 2 aromatic rings. The zero-order valence-corrected chi connectivity index (χ0v) is 13.2. The van der Waals surface area contributed by atoms with Crippen molar-refractivity contribution in [2.24, 2.45) is 0 Å². The highest BCUT2D eigenvalue weighted by Crippen LogP contribution is 2.26. The van der Waals surface area contributed by atoms with Crippen molar-refractivity contribution in [2.45, 2.75) is 19.0 Å². The van der Waals surface area contributed by atoms with E-state index in [4.69, 9.17) is 23.2 Å². The Labute approximate surface area is 135 Å². The van der Waals surface area contributed by atoms with Crippen molar-refractivity contribution in [3.8, 4) is 0 Å². The van der Waals surface area contributed by atoms with Gasteiger partial charge in [0.05, 0.1) is 16.7 Å². The number of nitrogens with one attached hydrogen (secondary N) is 1. The molecule has 2 aromatic carbocycles. The molecule has 4 heteroatoms. The molecule has 21 heavy (non-hydrogen) atoms. The number of benzene rings is 2. The van der Waals surface area contributed by atoms with Gasteiger partial charge in [-0.3, -0.25) is 0 Å². The monoisotopic (exact) mass is 322 g/mol. The summed E-state index contributed by atoms with van der Waals surface area (Å²) in [5, 5.41) is 13.9. The minimum Gasteiger partial charge on any atom is -0.395 e. The molecule has 0 aliphatic carbocycles. The molecule has 1 unspecified atom stereocenters. The molecule has 1 radical (unpaired) electrons. The molecule has 111 valence electrons. The zero-order chi connectivity index (χ0) is 15.2. The molecule has 0 saturated carbocycles. The standard InChI is InChI=1S/C17H18Cl2NO/c1-12-5-7-13(8-6-12)10-20-15(11-21)9-14-3-2-4-16(18)17(14)19/h2-8,15,20-21H,1,9-11H2. The number of halogens is 2. The summed E-state index contributed by atoms with van der Waals surface area (Å²) in [6.45, 7) is 4.58. The van der Waals surface area contributed by atoms with Gasteiger partial charge in [-0.15, -0.1) is 0 Å². The van der Waals surface area contributed by atoms with Gasteiger partial charge in [0.2, 0.25) is 0 Å². The van der Waals surface area contributed by atoms with Crippen molar-refractivity contribution in [1.82, 2.24) is 5.32 Å². The number of aliphatic hydroxyl groups excluding tert-OH is 1. The predicted octanol–water partition coefficient (Wildman–Crippen LogP) is 3.87. The topological polar surface area (TPSA) is 32.3 Å². The van der Waals surface area contributed by atoms with E-state index in [2.05, 4.69) is 12.2 Å². The number of hydrogen-bond donors (Lipinski definition) is 2. The first-order valence-corrected chi connectivity index (χ1v) is 7.53. The fourth-order valence-electron chi connectivity index (χ4n) is 2.09. The summed E-state index contributed by atoms with van der Waals surface area (Å²) in [5.41, 5.74) is 3.07. The highest BCUT2D eigenvalue weighted by molar-refractivity contribution is 6.42.